The summed E-state index contributed by atoms with van der Waals surface area (Å²) in [4.78, 5) is 1.21. The summed E-state index contributed by atoms with van der Waals surface area (Å²) >= 11 is 17.4. The van der Waals surface area contributed by atoms with E-state index in [0.717, 1.165) is 26.8 Å². The second-order valence-corrected chi connectivity index (χ2v) is 7.90. The first kappa shape index (κ1) is 16.3. The van der Waals surface area contributed by atoms with E-state index in [4.69, 9.17) is 23.2 Å². The number of hydrogen-bond donors (Lipinski definition) is 1. The molecule has 0 amide bonds. The number of halogens is 3. The highest BCUT2D eigenvalue weighted by molar-refractivity contribution is 9.11. The molecule has 0 fully saturated rings. The minimum atomic E-state index is 0.154. The predicted molar refractivity (Wildman–Crippen MR) is 93.4 cm³/mol. The van der Waals surface area contributed by atoms with Crippen molar-refractivity contribution in [1.82, 2.24) is 5.32 Å². The van der Waals surface area contributed by atoms with Crippen LogP contribution >= 0.6 is 50.5 Å². The van der Waals surface area contributed by atoms with Gasteiger partial charge in [-0.05, 0) is 65.1 Å². The van der Waals surface area contributed by atoms with Crippen molar-refractivity contribution in [2.75, 3.05) is 6.54 Å². The van der Waals surface area contributed by atoms with Crippen molar-refractivity contribution in [1.29, 1.82) is 0 Å². The van der Waals surface area contributed by atoms with Crippen LogP contribution in [-0.4, -0.2) is 6.54 Å². The number of rotatable bonds is 5. The molecule has 5 heteroatoms. The second-order valence-electron chi connectivity index (χ2n) is 4.66. The average Bonchev–Trinajstić information content (AvgIpc) is 2.72. The van der Waals surface area contributed by atoms with Gasteiger partial charge in [-0.25, -0.2) is 0 Å². The van der Waals surface area contributed by atoms with Crippen LogP contribution in [0.1, 0.15) is 35.4 Å². The Morgan fingerprint density at radius 1 is 1.30 bits per heavy atom. The molecule has 0 spiro atoms. The molecule has 0 aliphatic heterocycles. The molecular formula is C15H16BrCl2NS. The van der Waals surface area contributed by atoms with E-state index in [9.17, 15) is 0 Å². The molecule has 2 aromatic rings. The monoisotopic (exact) mass is 391 g/mol. The quantitative estimate of drug-likeness (QED) is 0.637. The summed E-state index contributed by atoms with van der Waals surface area (Å²) in [5, 5.41) is 5.12. The van der Waals surface area contributed by atoms with Crippen LogP contribution in [0.5, 0.6) is 0 Å². The lowest BCUT2D eigenvalue weighted by molar-refractivity contribution is 0.603. The van der Waals surface area contributed by atoms with Crippen molar-refractivity contribution in [3.63, 3.8) is 0 Å². The Morgan fingerprint density at radius 2 is 2.05 bits per heavy atom. The number of aryl methyl sites for hydroxylation is 1. The van der Waals surface area contributed by atoms with Crippen LogP contribution in [0.25, 0.3) is 0 Å². The number of thiophene rings is 1. The van der Waals surface area contributed by atoms with E-state index in [0.29, 0.717) is 0 Å². The first-order valence-electron chi connectivity index (χ1n) is 6.47. The molecule has 108 valence electrons. The summed E-state index contributed by atoms with van der Waals surface area (Å²) in [6, 6.07) is 8.21. The van der Waals surface area contributed by atoms with Gasteiger partial charge >= 0.3 is 0 Å². The standard InChI is InChI=1S/C15H16BrCl2NS/c1-3-6-19-14(13-8-12(18)15(16)20-13)11-5-4-10(17)7-9(11)2/h4-5,7-8,14,19H,3,6H2,1-2H3. The third kappa shape index (κ3) is 3.77. The summed E-state index contributed by atoms with van der Waals surface area (Å²) in [6.07, 6.45) is 1.09. The molecular weight excluding hydrogens is 377 g/mol. The fourth-order valence-electron chi connectivity index (χ4n) is 2.12. The normalized spacial score (nSPS) is 12.7. The molecule has 1 atom stereocenters. The molecule has 0 saturated heterocycles. The molecule has 0 radical (unpaired) electrons. The Morgan fingerprint density at radius 3 is 2.60 bits per heavy atom. The average molecular weight is 393 g/mol. The highest BCUT2D eigenvalue weighted by Gasteiger charge is 2.19. The summed E-state index contributed by atoms with van der Waals surface area (Å²) in [7, 11) is 0. The molecule has 1 heterocycles. The van der Waals surface area contributed by atoms with Crippen molar-refractivity contribution in [3.8, 4) is 0 Å². The molecule has 1 nitrogen and oxygen atoms in total. The molecule has 1 unspecified atom stereocenters. The maximum Gasteiger partial charge on any atom is 0.0888 e. The van der Waals surface area contributed by atoms with Gasteiger partial charge in [0.2, 0.25) is 0 Å². The first-order valence-corrected chi connectivity index (χ1v) is 8.83. The van der Waals surface area contributed by atoms with Gasteiger partial charge in [-0.3, -0.25) is 0 Å². The third-order valence-electron chi connectivity index (χ3n) is 3.09. The zero-order chi connectivity index (χ0) is 14.7. The van der Waals surface area contributed by atoms with Crippen molar-refractivity contribution in [2.24, 2.45) is 0 Å². The highest BCUT2D eigenvalue weighted by Crippen LogP contribution is 2.38. The van der Waals surface area contributed by atoms with Crippen LogP contribution < -0.4 is 5.32 Å². The number of nitrogens with one attached hydrogen (secondary N) is 1. The first-order chi connectivity index (χ1) is 9.52. The van der Waals surface area contributed by atoms with Gasteiger partial charge in [0, 0.05) is 9.90 Å². The fraction of sp³-hybridized carbons (Fsp3) is 0.333. The number of hydrogen-bond acceptors (Lipinski definition) is 2. The van der Waals surface area contributed by atoms with Gasteiger partial charge in [0.15, 0.2) is 0 Å². The SMILES string of the molecule is CCCNC(c1cc(Cl)c(Br)s1)c1ccc(Cl)cc1C. The van der Waals surface area contributed by atoms with Crippen LogP contribution in [0.15, 0.2) is 28.1 Å². The Balaban J connectivity index is 2.41. The Bertz CT molecular complexity index is 578. The van der Waals surface area contributed by atoms with Crippen molar-refractivity contribution in [2.45, 2.75) is 26.3 Å². The van der Waals surface area contributed by atoms with E-state index < -0.39 is 0 Å². The van der Waals surface area contributed by atoms with Crippen molar-refractivity contribution >= 4 is 50.5 Å². The van der Waals surface area contributed by atoms with Crippen LogP contribution in [0, 0.1) is 6.92 Å². The fourth-order valence-corrected chi connectivity index (χ4v) is 4.19. The van der Waals surface area contributed by atoms with Gasteiger partial charge in [0.1, 0.15) is 0 Å². The summed E-state index contributed by atoms with van der Waals surface area (Å²) in [5.74, 6) is 0. The maximum atomic E-state index is 6.17. The van der Waals surface area contributed by atoms with Gasteiger partial charge in [-0.1, -0.05) is 36.2 Å². The van der Waals surface area contributed by atoms with Crippen LogP contribution in [0.3, 0.4) is 0 Å². The van der Waals surface area contributed by atoms with Crippen LogP contribution in [0.2, 0.25) is 10.0 Å². The third-order valence-corrected chi connectivity index (χ3v) is 5.86. The Labute approximate surface area is 142 Å². The van der Waals surface area contributed by atoms with E-state index in [1.165, 1.54) is 16.0 Å². The zero-order valence-electron chi connectivity index (χ0n) is 11.3. The smallest absolute Gasteiger partial charge is 0.0888 e. The highest BCUT2D eigenvalue weighted by atomic mass is 79.9. The summed E-state index contributed by atoms with van der Waals surface area (Å²) in [5.41, 5.74) is 2.43. The van der Waals surface area contributed by atoms with E-state index in [1.54, 1.807) is 11.3 Å². The van der Waals surface area contributed by atoms with E-state index >= 15 is 0 Å². The predicted octanol–water partition coefficient (Wildman–Crippen LogP) is 6.21. The Kier molecular flexibility index (Phi) is 5.94. The summed E-state index contributed by atoms with van der Waals surface area (Å²) in [6.45, 7) is 5.21. The lowest BCUT2D eigenvalue weighted by Gasteiger charge is -2.20. The molecule has 1 aromatic carbocycles. The lowest BCUT2D eigenvalue weighted by Crippen LogP contribution is -2.23. The van der Waals surface area contributed by atoms with Crippen molar-refractivity contribution in [3.05, 3.63) is 54.1 Å². The van der Waals surface area contributed by atoms with E-state index in [-0.39, 0.29) is 6.04 Å². The van der Waals surface area contributed by atoms with Gasteiger partial charge in [0.05, 0.1) is 14.9 Å². The minimum absolute atomic E-state index is 0.154. The molecule has 0 aliphatic carbocycles. The molecule has 1 N–H and O–H groups in total. The largest absolute Gasteiger partial charge is 0.306 e. The molecule has 1 aromatic heterocycles. The molecule has 0 aliphatic rings. The van der Waals surface area contributed by atoms with E-state index in [1.807, 2.05) is 18.2 Å². The van der Waals surface area contributed by atoms with Crippen LogP contribution in [-0.2, 0) is 0 Å². The lowest BCUT2D eigenvalue weighted by atomic mass is 10.00. The maximum absolute atomic E-state index is 6.17. The van der Waals surface area contributed by atoms with Gasteiger partial charge < -0.3 is 5.32 Å². The summed E-state index contributed by atoms with van der Waals surface area (Å²) < 4.78 is 0.976. The van der Waals surface area contributed by atoms with Gasteiger partial charge in [-0.2, -0.15) is 0 Å². The number of benzene rings is 1. The Hall–Kier alpha value is -0.0600. The molecule has 0 bridgehead atoms. The molecule has 20 heavy (non-hydrogen) atoms. The van der Waals surface area contributed by atoms with Gasteiger partial charge in [0.25, 0.3) is 0 Å². The minimum Gasteiger partial charge on any atom is -0.306 e. The topological polar surface area (TPSA) is 12.0 Å². The van der Waals surface area contributed by atoms with Crippen LogP contribution in [0.4, 0.5) is 0 Å². The van der Waals surface area contributed by atoms with Gasteiger partial charge in [-0.15, -0.1) is 11.3 Å². The molecule has 0 saturated carbocycles. The zero-order valence-corrected chi connectivity index (χ0v) is 15.3. The molecule has 2 rings (SSSR count). The van der Waals surface area contributed by atoms with E-state index in [2.05, 4.69) is 41.2 Å². The van der Waals surface area contributed by atoms with Crippen molar-refractivity contribution < 1.29 is 0 Å². The second kappa shape index (κ2) is 7.28.